The number of anilines is 1. The number of carbonyl (C=O) groups excluding carboxylic acids is 1. The minimum atomic E-state index is -0.337. The molecule has 5 nitrogen and oxygen atoms in total. The summed E-state index contributed by atoms with van der Waals surface area (Å²) in [5, 5.41) is 14.9. The molecular weight excluding hydrogens is 416 g/mol. The Bertz CT molecular complexity index is 1180. The van der Waals surface area contributed by atoms with Crippen molar-refractivity contribution in [3.8, 4) is 11.4 Å². The summed E-state index contributed by atoms with van der Waals surface area (Å²) in [6, 6.07) is 21.4. The van der Waals surface area contributed by atoms with E-state index in [2.05, 4.69) is 15.5 Å². The Kier molecular flexibility index (Phi) is 6.06. The quantitative estimate of drug-likeness (QED) is 0.383. The van der Waals surface area contributed by atoms with Crippen molar-refractivity contribution < 1.29 is 4.79 Å². The second-order valence-electron chi connectivity index (χ2n) is 6.83. The molecule has 30 heavy (non-hydrogen) atoms. The molecule has 4 rings (SSSR count). The maximum absolute atomic E-state index is 12.9. The molecule has 0 fully saturated rings. The second-order valence-corrected chi connectivity index (χ2v) is 8.58. The second kappa shape index (κ2) is 8.90. The highest BCUT2D eigenvalue weighted by Gasteiger charge is 2.21. The number of amides is 1. The van der Waals surface area contributed by atoms with Crippen LogP contribution in [0.2, 0.25) is 5.02 Å². The van der Waals surface area contributed by atoms with E-state index >= 15 is 0 Å². The first-order valence-corrected chi connectivity index (χ1v) is 11.0. The lowest BCUT2D eigenvalue weighted by Gasteiger charge is -2.14. The molecule has 0 saturated heterocycles. The molecule has 0 bridgehead atoms. The van der Waals surface area contributed by atoms with E-state index in [1.54, 1.807) is 0 Å². The number of aromatic nitrogens is 3. The summed E-state index contributed by atoms with van der Waals surface area (Å²) in [6.45, 7) is 4.61. The molecule has 1 atom stereocenters. The van der Waals surface area contributed by atoms with Crippen LogP contribution in [0.3, 0.4) is 0 Å². The molecule has 3 aromatic carbocycles. The Hall–Kier alpha value is -2.83. The zero-order valence-corrected chi connectivity index (χ0v) is 18.2. The fourth-order valence-electron chi connectivity index (χ4n) is 3.25. The summed E-state index contributed by atoms with van der Waals surface area (Å²) >= 11 is 7.39. The molecule has 0 aliphatic carbocycles. The van der Waals surface area contributed by atoms with E-state index in [0.29, 0.717) is 16.7 Å². The van der Waals surface area contributed by atoms with E-state index < -0.39 is 0 Å². The summed E-state index contributed by atoms with van der Waals surface area (Å²) in [7, 11) is 0. The summed E-state index contributed by atoms with van der Waals surface area (Å²) in [5.41, 5.74) is 1.75. The van der Waals surface area contributed by atoms with Crippen molar-refractivity contribution in [2.24, 2.45) is 0 Å². The number of nitrogens with zero attached hydrogens (tertiary/aromatic N) is 3. The van der Waals surface area contributed by atoms with Crippen molar-refractivity contribution in [1.29, 1.82) is 0 Å². The maximum Gasteiger partial charge on any atom is 0.237 e. The van der Waals surface area contributed by atoms with Gasteiger partial charge in [0.05, 0.1) is 5.25 Å². The molecule has 1 heterocycles. The molecular formula is C23H21ClN4OS. The maximum atomic E-state index is 12.9. The first kappa shape index (κ1) is 20.4. The van der Waals surface area contributed by atoms with Crippen molar-refractivity contribution in [2.75, 3.05) is 5.32 Å². The largest absolute Gasteiger partial charge is 0.325 e. The number of halogens is 1. The van der Waals surface area contributed by atoms with Crippen LogP contribution in [0.15, 0.2) is 71.9 Å². The molecule has 0 spiro atoms. The van der Waals surface area contributed by atoms with Gasteiger partial charge in [0.2, 0.25) is 5.91 Å². The number of fused-ring (bicyclic) bond motifs is 1. The molecule has 1 amide bonds. The van der Waals surface area contributed by atoms with Gasteiger partial charge >= 0.3 is 0 Å². The topological polar surface area (TPSA) is 59.8 Å². The Morgan fingerprint density at radius 1 is 1.07 bits per heavy atom. The average Bonchev–Trinajstić information content (AvgIpc) is 3.17. The Balaban J connectivity index is 1.53. The van der Waals surface area contributed by atoms with Gasteiger partial charge in [0, 0.05) is 28.2 Å². The molecule has 4 aromatic rings. The van der Waals surface area contributed by atoms with Gasteiger partial charge in [0.25, 0.3) is 0 Å². The minimum Gasteiger partial charge on any atom is -0.325 e. The fourth-order valence-corrected chi connectivity index (χ4v) is 4.29. The molecule has 0 radical (unpaired) electrons. The van der Waals surface area contributed by atoms with Crippen LogP contribution in [0.25, 0.3) is 22.2 Å². The van der Waals surface area contributed by atoms with Gasteiger partial charge in [0.1, 0.15) is 0 Å². The van der Waals surface area contributed by atoms with Gasteiger partial charge in [0.15, 0.2) is 11.0 Å². The standard InChI is InChI=1S/C23H21ClN4OS/c1-3-28-21(17-11-13-18(24)14-12-17)26-27-23(28)30-15(2)22(29)25-20-10-6-8-16-7-4-5-9-19(16)20/h4-15H,3H2,1-2H3,(H,25,29). The molecule has 1 unspecified atom stereocenters. The van der Waals surface area contributed by atoms with Gasteiger partial charge in [-0.1, -0.05) is 59.8 Å². The number of hydrogen-bond acceptors (Lipinski definition) is 4. The number of rotatable bonds is 6. The molecule has 0 saturated carbocycles. The SMILES string of the molecule is CCn1c(SC(C)C(=O)Nc2cccc3ccccc23)nnc1-c1ccc(Cl)cc1. The first-order chi connectivity index (χ1) is 14.6. The lowest BCUT2D eigenvalue weighted by atomic mass is 10.1. The lowest BCUT2D eigenvalue weighted by Crippen LogP contribution is -2.23. The van der Waals surface area contributed by atoms with Crippen molar-refractivity contribution in [3.05, 3.63) is 71.8 Å². The van der Waals surface area contributed by atoms with E-state index in [9.17, 15) is 4.79 Å². The summed E-state index contributed by atoms with van der Waals surface area (Å²) in [5.74, 6) is 0.688. The van der Waals surface area contributed by atoms with Crippen LogP contribution >= 0.6 is 23.4 Å². The Morgan fingerprint density at radius 2 is 1.80 bits per heavy atom. The number of benzene rings is 3. The Morgan fingerprint density at radius 3 is 2.57 bits per heavy atom. The smallest absolute Gasteiger partial charge is 0.237 e. The van der Waals surface area contributed by atoms with Crippen molar-refractivity contribution in [1.82, 2.24) is 14.8 Å². The van der Waals surface area contributed by atoms with Crippen molar-refractivity contribution in [3.63, 3.8) is 0 Å². The van der Waals surface area contributed by atoms with E-state index in [1.807, 2.05) is 85.1 Å². The third kappa shape index (κ3) is 4.20. The highest BCUT2D eigenvalue weighted by atomic mass is 35.5. The minimum absolute atomic E-state index is 0.0740. The van der Waals surface area contributed by atoms with Crippen molar-refractivity contribution >= 4 is 45.7 Å². The third-order valence-corrected chi connectivity index (χ3v) is 6.17. The van der Waals surface area contributed by atoms with Crippen LogP contribution in [0.1, 0.15) is 13.8 Å². The van der Waals surface area contributed by atoms with Gasteiger partial charge in [-0.25, -0.2) is 0 Å². The van der Waals surface area contributed by atoms with E-state index in [0.717, 1.165) is 27.8 Å². The monoisotopic (exact) mass is 436 g/mol. The van der Waals surface area contributed by atoms with Crippen LogP contribution < -0.4 is 5.32 Å². The van der Waals surface area contributed by atoms with Crippen LogP contribution in [-0.4, -0.2) is 25.9 Å². The molecule has 0 aliphatic heterocycles. The lowest BCUT2D eigenvalue weighted by molar-refractivity contribution is -0.115. The highest BCUT2D eigenvalue weighted by Crippen LogP contribution is 2.29. The normalized spacial score (nSPS) is 12.1. The van der Waals surface area contributed by atoms with Crippen LogP contribution in [0.5, 0.6) is 0 Å². The summed E-state index contributed by atoms with van der Waals surface area (Å²) in [6.07, 6.45) is 0. The van der Waals surface area contributed by atoms with Gasteiger partial charge < -0.3 is 9.88 Å². The first-order valence-electron chi connectivity index (χ1n) is 9.71. The molecule has 1 aromatic heterocycles. The summed E-state index contributed by atoms with van der Waals surface area (Å²) in [4.78, 5) is 12.9. The van der Waals surface area contributed by atoms with Gasteiger partial charge in [-0.3, -0.25) is 4.79 Å². The number of thioether (sulfide) groups is 1. The zero-order valence-electron chi connectivity index (χ0n) is 16.7. The summed E-state index contributed by atoms with van der Waals surface area (Å²) < 4.78 is 2.01. The predicted octanol–water partition coefficient (Wildman–Crippen LogP) is 5.89. The van der Waals surface area contributed by atoms with Crippen molar-refractivity contribution in [2.45, 2.75) is 30.8 Å². The van der Waals surface area contributed by atoms with Crippen LogP contribution in [0, 0.1) is 0 Å². The van der Waals surface area contributed by atoms with Gasteiger partial charge in [-0.15, -0.1) is 10.2 Å². The highest BCUT2D eigenvalue weighted by molar-refractivity contribution is 8.00. The van der Waals surface area contributed by atoms with E-state index in [1.165, 1.54) is 11.8 Å². The van der Waals surface area contributed by atoms with Crippen LogP contribution in [-0.2, 0) is 11.3 Å². The number of hydrogen-bond donors (Lipinski definition) is 1. The third-order valence-electron chi connectivity index (χ3n) is 4.83. The van der Waals surface area contributed by atoms with Crippen LogP contribution in [0.4, 0.5) is 5.69 Å². The molecule has 152 valence electrons. The molecule has 7 heteroatoms. The zero-order chi connectivity index (χ0) is 21.1. The molecule has 1 N–H and O–H groups in total. The fraction of sp³-hybridized carbons (Fsp3) is 0.174. The number of nitrogens with one attached hydrogen (secondary N) is 1. The average molecular weight is 437 g/mol. The van der Waals surface area contributed by atoms with Gasteiger partial charge in [-0.05, 0) is 49.6 Å². The Labute approximate surface area is 184 Å². The molecule has 0 aliphatic rings. The predicted molar refractivity (Wildman–Crippen MR) is 124 cm³/mol. The number of carbonyl (C=O) groups is 1. The van der Waals surface area contributed by atoms with E-state index in [4.69, 9.17) is 11.6 Å². The van der Waals surface area contributed by atoms with E-state index in [-0.39, 0.29) is 11.2 Å². The van der Waals surface area contributed by atoms with Gasteiger partial charge in [-0.2, -0.15) is 0 Å².